The zero-order chi connectivity index (χ0) is 13.8. The van der Waals surface area contributed by atoms with Crippen molar-refractivity contribution in [3.63, 3.8) is 0 Å². The lowest BCUT2D eigenvalue weighted by Gasteiger charge is -2.09. The molecule has 8 nitrogen and oxygen atoms in total. The third kappa shape index (κ3) is 2.78. The lowest BCUT2D eigenvalue weighted by atomic mass is 10.1. The fourth-order valence-corrected chi connectivity index (χ4v) is 1.75. The van der Waals surface area contributed by atoms with Crippen LogP contribution in [0.1, 0.15) is 48.7 Å². The minimum atomic E-state index is -0.467. The van der Waals surface area contributed by atoms with E-state index in [1.165, 1.54) is 6.39 Å². The SMILES string of the molecule is CCOC(=O)c1nnn(Cc2ncon2)c1C(C)C. The third-order valence-electron chi connectivity index (χ3n) is 2.49. The highest BCUT2D eigenvalue weighted by atomic mass is 16.5. The first-order valence-electron chi connectivity index (χ1n) is 5.99. The molecular weight excluding hydrogens is 250 g/mol. The third-order valence-corrected chi connectivity index (χ3v) is 2.49. The quantitative estimate of drug-likeness (QED) is 0.744. The molecule has 0 aromatic carbocycles. The standard InChI is InChI=1S/C11H15N5O3/c1-4-18-11(17)9-10(7(2)3)16(15-13-9)5-8-12-6-19-14-8/h6-7H,4-5H2,1-3H3. The number of ether oxygens (including phenoxy) is 1. The lowest BCUT2D eigenvalue weighted by molar-refractivity contribution is 0.0517. The summed E-state index contributed by atoms with van der Waals surface area (Å²) in [5.74, 6) is 0.0779. The summed E-state index contributed by atoms with van der Waals surface area (Å²) in [5.41, 5.74) is 0.934. The predicted octanol–water partition coefficient (Wildman–Crippen LogP) is 1.01. The largest absolute Gasteiger partial charge is 0.461 e. The van der Waals surface area contributed by atoms with Crippen LogP contribution < -0.4 is 0 Å². The molecule has 0 aliphatic carbocycles. The summed E-state index contributed by atoms with van der Waals surface area (Å²) in [4.78, 5) is 15.7. The average molecular weight is 265 g/mol. The molecule has 0 aliphatic rings. The predicted molar refractivity (Wildman–Crippen MR) is 63.5 cm³/mol. The molecule has 0 amide bonds. The molecule has 0 saturated carbocycles. The molecule has 2 aromatic rings. The van der Waals surface area contributed by atoms with Crippen LogP contribution in [0.15, 0.2) is 10.9 Å². The first-order chi connectivity index (χ1) is 9.13. The summed E-state index contributed by atoms with van der Waals surface area (Å²) < 4.78 is 11.2. The Labute approximate surface area is 109 Å². The van der Waals surface area contributed by atoms with Gasteiger partial charge < -0.3 is 9.26 Å². The Morgan fingerprint density at radius 2 is 2.32 bits per heavy atom. The van der Waals surface area contributed by atoms with E-state index in [0.717, 1.165) is 0 Å². The molecule has 0 N–H and O–H groups in total. The Bertz CT molecular complexity index is 547. The molecule has 0 bridgehead atoms. The van der Waals surface area contributed by atoms with Gasteiger partial charge in [-0.25, -0.2) is 9.48 Å². The van der Waals surface area contributed by atoms with Gasteiger partial charge in [0.2, 0.25) is 6.39 Å². The maximum absolute atomic E-state index is 11.8. The van der Waals surface area contributed by atoms with Crippen LogP contribution in [0.5, 0.6) is 0 Å². The molecule has 0 atom stereocenters. The maximum Gasteiger partial charge on any atom is 0.360 e. The van der Waals surface area contributed by atoms with Crippen molar-refractivity contribution in [2.75, 3.05) is 6.61 Å². The highest BCUT2D eigenvalue weighted by Crippen LogP contribution is 2.19. The van der Waals surface area contributed by atoms with Gasteiger partial charge in [-0.15, -0.1) is 5.10 Å². The number of aromatic nitrogens is 5. The molecule has 102 valence electrons. The van der Waals surface area contributed by atoms with Crippen molar-refractivity contribution in [2.45, 2.75) is 33.2 Å². The second kappa shape index (κ2) is 5.59. The van der Waals surface area contributed by atoms with Crippen molar-refractivity contribution in [3.8, 4) is 0 Å². The van der Waals surface area contributed by atoms with Gasteiger partial charge in [0.15, 0.2) is 11.5 Å². The van der Waals surface area contributed by atoms with Crippen LogP contribution in [-0.4, -0.2) is 37.7 Å². The second-order valence-corrected chi connectivity index (χ2v) is 4.20. The Kier molecular flexibility index (Phi) is 3.88. The first kappa shape index (κ1) is 13.2. The van der Waals surface area contributed by atoms with E-state index in [2.05, 4.69) is 25.0 Å². The van der Waals surface area contributed by atoms with Crippen LogP contribution in [0.2, 0.25) is 0 Å². The van der Waals surface area contributed by atoms with Crippen LogP contribution in [0.25, 0.3) is 0 Å². The van der Waals surface area contributed by atoms with E-state index < -0.39 is 5.97 Å². The monoisotopic (exact) mass is 265 g/mol. The van der Waals surface area contributed by atoms with Gasteiger partial charge in [0.1, 0.15) is 6.54 Å². The van der Waals surface area contributed by atoms with E-state index in [0.29, 0.717) is 24.7 Å². The number of nitrogens with zero attached hydrogens (tertiary/aromatic N) is 5. The summed E-state index contributed by atoms with van der Waals surface area (Å²) in [5, 5.41) is 11.6. The van der Waals surface area contributed by atoms with Gasteiger partial charge in [-0.1, -0.05) is 24.2 Å². The smallest absolute Gasteiger partial charge is 0.360 e. The molecule has 8 heteroatoms. The molecule has 2 aromatic heterocycles. The summed E-state index contributed by atoms with van der Waals surface area (Å²) in [6, 6.07) is 0. The highest BCUT2D eigenvalue weighted by molar-refractivity contribution is 5.88. The van der Waals surface area contributed by atoms with Crippen LogP contribution >= 0.6 is 0 Å². The molecule has 2 rings (SSSR count). The van der Waals surface area contributed by atoms with Crippen LogP contribution in [-0.2, 0) is 11.3 Å². The first-order valence-corrected chi connectivity index (χ1v) is 5.99. The molecule has 0 fully saturated rings. The van der Waals surface area contributed by atoms with Crippen LogP contribution in [0, 0.1) is 0 Å². The fraction of sp³-hybridized carbons (Fsp3) is 0.545. The Morgan fingerprint density at radius 3 is 2.89 bits per heavy atom. The minimum Gasteiger partial charge on any atom is -0.461 e. The molecule has 0 unspecified atom stereocenters. The number of carbonyl (C=O) groups is 1. The number of hydrogen-bond acceptors (Lipinski definition) is 7. The van der Waals surface area contributed by atoms with Crippen molar-refractivity contribution in [3.05, 3.63) is 23.6 Å². The van der Waals surface area contributed by atoms with Crippen LogP contribution in [0.3, 0.4) is 0 Å². The van der Waals surface area contributed by atoms with Gasteiger partial charge in [-0.3, -0.25) is 0 Å². The number of hydrogen-bond donors (Lipinski definition) is 0. The van der Waals surface area contributed by atoms with Gasteiger partial charge in [0.05, 0.1) is 12.3 Å². The Balaban J connectivity index is 2.31. The van der Waals surface area contributed by atoms with E-state index >= 15 is 0 Å². The summed E-state index contributed by atoms with van der Waals surface area (Å²) in [6.45, 7) is 6.25. The average Bonchev–Trinajstić information content (AvgIpc) is 2.99. The Morgan fingerprint density at radius 1 is 1.53 bits per heavy atom. The normalized spacial score (nSPS) is 10.9. The van der Waals surface area contributed by atoms with Crippen molar-refractivity contribution in [1.29, 1.82) is 0 Å². The molecule has 0 spiro atoms. The molecule has 0 saturated heterocycles. The molecular formula is C11H15N5O3. The zero-order valence-corrected chi connectivity index (χ0v) is 11.0. The molecule has 19 heavy (non-hydrogen) atoms. The number of carbonyl (C=O) groups excluding carboxylic acids is 1. The van der Waals surface area contributed by atoms with Crippen LogP contribution in [0.4, 0.5) is 0 Å². The van der Waals surface area contributed by atoms with Crippen molar-refractivity contribution < 1.29 is 14.1 Å². The van der Waals surface area contributed by atoms with E-state index in [1.807, 2.05) is 13.8 Å². The molecule has 0 aliphatic heterocycles. The van der Waals surface area contributed by atoms with Crippen molar-refractivity contribution in [2.24, 2.45) is 0 Å². The molecule has 0 radical (unpaired) electrons. The number of rotatable bonds is 5. The van der Waals surface area contributed by atoms with E-state index in [4.69, 9.17) is 4.74 Å². The van der Waals surface area contributed by atoms with E-state index in [9.17, 15) is 4.79 Å². The maximum atomic E-state index is 11.8. The number of esters is 1. The minimum absolute atomic E-state index is 0.0707. The second-order valence-electron chi connectivity index (χ2n) is 4.20. The zero-order valence-electron chi connectivity index (χ0n) is 11.0. The van der Waals surface area contributed by atoms with Gasteiger partial charge in [0.25, 0.3) is 0 Å². The van der Waals surface area contributed by atoms with E-state index in [1.54, 1.807) is 11.6 Å². The summed E-state index contributed by atoms with van der Waals surface area (Å²) in [6.07, 6.45) is 1.24. The topological polar surface area (TPSA) is 95.9 Å². The fourth-order valence-electron chi connectivity index (χ4n) is 1.75. The van der Waals surface area contributed by atoms with Gasteiger partial charge in [-0.2, -0.15) is 4.98 Å². The van der Waals surface area contributed by atoms with Gasteiger partial charge >= 0.3 is 5.97 Å². The highest BCUT2D eigenvalue weighted by Gasteiger charge is 2.23. The summed E-state index contributed by atoms with van der Waals surface area (Å²) in [7, 11) is 0. The molecule has 2 heterocycles. The van der Waals surface area contributed by atoms with E-state index in [-0.39, 0.29) is 11.6 Å². The van der Waals surface area contributed by atoms with Crippen molar-refractivity contribution >= 4 is 5.97 Å². The summed E-state index contributed by atoms with van der Waals surface area (Å²) >= 11 is 0. The van der Waals surface area contributed by atoms with Crippen molar-refractivity contribution in [1.82, 2.24) is 25.1 Å². The Hall–Kier alpha value is -2.25. The lowest BCUT2D eigenvalue weighted by Crippen LogP contribution is -2.13. The van der Waals surface area contributed by atoms with Gasteiger partial charge in [0, 0.05) is 0 Å². The van der Waals surface area contributed by atoms with Gasteiger partial charge in [-0.05, 0) is 12.8 Å².